The predicted molar refractivity (Wildman–Crippen MR) is 125 cm³/mol. The zero-order valence-electron chi connectivity index (χ0n) is 18.2. The van der Waals surface area contributed by atoms with E-state index in [1.807, 2.05) is 53.4 Å². The lowest BCUT2D eigenvalue weighted by molar-refractivity contribution is -0.124. The Labute approximate surface area is 192 Å². The summed E-state index contributed by atoms with van der Waals surface area (Å²) in [6.07, 6.45) is 0.927. The van der Waals surface area contributed by atoms with Crippen LogP contribution in [0.4, 0.5) is 11.4 Å². The van der Waals surface area contributed by atoms with Crippen molar-refractivity contribution in [3.05, 3.63) is 54.1 Å². The molecule has 168 valence electrons. The van der Waals surface area contributed by atoms with Gasteiger partial charge in [0.05, 0.1) is 37.9 Å². The van der Waals surface area contributed by atoms with Gasteiger partial charge in [-0.2, -0.15) is 0 Å². The molecule has 0 unspecified atom stereocenters. The molecule has 3 aliphatic heterocycles. The maximum absolute atomic E-state index is 14.0. The number of carbonyl (C=O) groups excluding carboxylic acids is 2. The van der Waals surface area contributed by atoms with Crippen LogP contribution in [-0.4, -0.2) is 62.0 Å². The molecule has 2 aromatic rings. The quantitative estimate of drug-likeness (QED) is 0.670. The molecule has 0 bridgehead atoms. The van der Waals surface area contributed by atoms with Crippen LogP contribution in [0.2, 0.25) is 0 Å². The SMILES string of the molecule is CCCOc1ccc(N2C(=O)CS[C@@]23C(=O)N(CN2CCOCC2)c2ccccc23)cc1. The first kappa shape index (κ1) is 21.3. The number of hydrogen-bond donors (Lipinski definition) is 0. The van der Waals surface area contributed by atoms with Crippen LogP contribution in [0.3, 0.4) is 0 Å². The first-order valence-corrected chi connectivity index (χ1v) is 12.0. The molecule has 1 spiro atoms. The van der Waals surface area contributed by atoms with Crippen LogP contribution in [0.1, 0.15) is 18.9 Å². The Kier molecular flexibility index (Phi) is 5.84. The largest absolute Gasteiger partial charge is 0.494 e. The van der Waals surface area contributed by atoms with Gasteiger partial charge in [0.2, 0.25) is 10.8 Å². The maximum atomic E-state index is 14.0. The van der Waals surface area contributed by atoms with E-state index in [0.29, 0.717) is 32.2 Å². The minimum atomic E-state index is -1.08. The van der Waals surface area contributed by atoms with Crippen LogP contribution in [0.15, 0.2) is 48.5 Å². The molecule has 3 aliphatic rings. The Morgan fingerprint density at radius 1 is 1.06 bits per heavy atom. The molecule has 1 atom stereocenters. The molecular formula is C24H27N3O4S. The molecule has 2 fully saturated rings. The van der Waals surface area contributed by atoms with Gasteiger partial charge in [0.25, 0.3) is 5.91 Å². The number of benzene rings is 2. The summed E-state index contributed by atoms with van der Waals surface area (Å²) in [7, 11) is 0. The highest BCUT2D eigenvalue weighted by molar-refractivity contribution is 8.02. The second-order valence-corrected chi connectivity index (χ2v) is 9.29. The highest BCUT2D eigenvalue weighted by atomic mass is 32.2. The normalized spacial score (nSPS) is 23.3. The lowest BCUT2D eigenvalue weighted by atomic mass is 10.0. The van der Waals surface area contributed by atoms with Crippen molar-refractivity contribution in [3.63, 3.8) is 0 Å². The van der Waals surface area contributed by atoms with E-state index in [1.54, 1.807) is 4.90 Å². The van der Waals surface area contributed by atoms with Gasteiger partial charge in [-0.25, -0.2) is 0 Å². The zero-order valence-corrected chi connectivity index (χ0v) is 19.0. The van der Waals surface area contributed by atoms with E-state index >= 15 is 0 Å². The topological polar surface area (TPSA) is 62.3 Å². The van der Waals surface area contributed by atoms with Gasteiger partial charge < -0.3 is 9.47 Å². The van der Waals surface area contributed by atoms with Gasteiger partial charge in [-0.05, 0) is 36.8 Å². The summed E-state index contributed by atoms with van der Waals surface area (Å²) in [5, 5.41) is 0. The Morgan fingerprint density at radius 3 is 2.56 bits per heavy atom. The molecule has 0 aliphatic carbocycles. The molecular weight excluding hydrogens is 426 g/mol. The number of thioether (sulfide) groups is 1. The molecule has 0 saturated carbocycles. The van der Waals surface area contributed by atoms with E-state index in [2.05, 4.69) is 11.8 Å². The standard InChI is InChI=1S/C24H27N3O4S/c1-2-13-31-19-9-7-18(8-10-19)27-22(28)16-32-24(27)20-5-3-4-6-21(20)26(23(24)29)17-25-11-14-30-15-12-25/h3-10H,2,11-17H2,1H3/t24-/m0/s1. The Morgan fingerprint density at radius 2 is 1.81 bits per heavy atom. The number of fused-ring (bicyclic) bond motifs is 2. The molecule has 7 nitrogen and oxygen atoms in total. The van der Waals surface area contributed by atoms with Crippen LogP contribution < -0.4 is 14.5 Å². The van der Waals surface area contributed by atoms with Crippen molar-refractivity contribution in [2.45, 2.75) is 18.2 Å². The number of morpholine rings is 1. The monoisotopic (exact) mass is 453 g/mol. The number of anilines is 2. The highest BCUT2D eigenvalue weighted by Gasteiger charge is 2.61. The number of carbonyl (C=O) groups is 2. The lowest BCUT2D eigenvalue weighted by Crippen LogP contribution is -2.52. The molecule has 0 N–H and O–H groups in total. The third kappa shape index (κ3) is 3.46. The highest BCUT2D eigenvalue weighted by Crippen LogP contribution is 2.55. The van der Waals surface area contributed by atoms with E-state index in [1.165, 1.54) is 11.8 Å². The first-order valence-electron chi connectivity index (χ1n) is 11.1. The summed E-state index contributed by atoms with van der Waals surface area (Å²) in [6.45, 7) is 6.10. The van der Waals surface area contributed by atoms with Gasteiger partial charge in [-0.1, -0.05) is 25.1 Å². The van der Waals surface area contributed by atoms with Gasteiger partial charge in [0, 0.05) is 24.3 Å². The third-order valence-electron chi connectivity index (χ3n) is 6.08. The van der Waals surface area contributed by atoms with Crippen LogP contribution in [-0.2, 0) is 19.2 Å². The minimum absolute atomic E-state index is 0.0615. The summed E-state index contributed by atoms with van der Waals surface area (Å²) in [4.78, 5) is 31.8. The molecule has 2 saturated heterocycles. The molecule has 2 amide bonds. The summed E-state index contributed by atoms with van der Waals surface area (Å²) < 4.78 is 11.2. The number of amides is 2. The molecule has 0 radical (unpaired) electrons. The first-order chi connectivity index (χ1) is 15.6. The average molecular weight is 454 g/mol. The van der Waals surface area contributed by atoms with Gasteiger partial charge in [0.1, 0.15) is 5.75 Å². The number of hydrogen-bond acceptors (Lipinski definition) is 6. The van der Waals surface area contributed by atoms with Crippen molar-refractivity contribution in [1.82, 2.24) is 4.90 Å². The second kappa shape index (κ2) is 8.77. The fraction of sp³-hybridized carbons (Fsp3) is 0.417. The summed E-state index contributed by atoms with van der Waals surface area (Å²) in [5.41, 5.74) is 2.46. The van der Waals surface area contributed by atoms with Crippen molar-refractivity contribution in [2.24, 2.45) is 0 Å². The van der Waals surface area contributed by atoms with Gasteiger partial charge in [-0.3, -0.25) is 24.3 Å². The molecule has 5 rings (SSSR count). The van der Waals surface area contributed by atoms with Crippen molar-refractivity contribution in [3.8, 4) is 5.75 Å². The molecule has 32 heavy (non-hydrogen) atoms. The summed E-state index contributed by atoms with van der Waals surface area (Å²) >= 11 is 1.41. The Balaban J connectivity index is 1.51. The van der Waals surface area contributed by atoms with Gasteiger partial charge >= 0.3 is 0 Å². The van der Waals surface area contributed by atoms with Gasteiger partial charge in [0.15, 0.2) is 0 Å². The number of ether oxygens (including phenoxy) is 2. The van der Waals surface area contributed by atoms with Crippen LogP contribution in [0, 0.1) is 0 Å². The van der Waals surface area contributed by atoms with Gasteiger partial charge in [-0.15, -0.1) is 11.8 Å². The second-order valence-electron chi connectivity index (χ2n) is 8.13. The zero-order chi connectivity index (χ0) is 22.1. The van der Waals surface area contributed by atoms with E-state index in [0.717, 1.165) is 36.5 Å². The van der Waals surface area contributed by atoms with E-state index in [9.17, 15) is 9.59 Å². The fourth-order valence-electron chi connectivity index (χ4n) is 4.55. The summed E-state index contributed by atoms with van der Waals surface area (Å²) in [6, 6.07) is 15.3. The molecule has 8 heteroatoms. The number of nitrogens with zero attached hydrogens (tertiary/aromatic N) is 3. The summed E-state index contributed by atoms with van der Waals surface area (Å²) in [5.74, 6) is 0.900. The lowest BCUT2D eigenvalue weighted by Gasteiger charge is -2.35. The number of para-hydroxylation sites is 1. The Bertz CT molecular complexity index is 1010. The molecule has 2 aromatic carbocycles. The van der Waals surface area contributed by atoms with Crippen molar-refractivity contribution in [1.29, 1.82) is 0 Å². The third-order valence-corrected chi connectivity index (χ3v) is 7.46. The van der Waals surface area contributed by atoms with Crippen molar-refractivity contribution in [2.75, 3.05) is 55.1 Å². The van der Waals surface area contributed by atoms with Crippen LogP contribution in [0.5, 0.6) is 5.75 Å². The smallest absolute Gasteiger partial charge is 0.269 e. The minimum Gasteiger partial charge on any atom is -0.494 e. The van der Waals surface area contributed by atoms with E-state index in [-0.39, 0.29) is 17.6 Å². The van der Waals surface area contributed by atoms with Crippen LogP contribution in [0.25, 0.3) is 0 Å². The van der Waals surface area contributed by atoms with E-state index < -0.39 is 4.87 Å². The fourth-order valence-corrected chi connectivity index (χ4v) is 5.91. The average Bonchev–Trinajstić information content (AvgIpc) is 3.30. The predicted octanol–water partition coefficient (Wildman–Crippen LogP) is 3.04. The van der Waals surface area contributed by atoms with Crippen molar-refractivity contribution < 1.29 is 19.1 Å². The maximum Gasteiger partial charge on any atom is 0.269 e. The van der Waals surface area contributed by atoms with Crippen LogP contribution >= 0.6 is 11.8 Å². The number of rotatable bonds is 6. The molecule has 3 heterocycles. The molecule has 0 aromatic heterocycles. The van der Waals surface area contributed by atoms with Crippen molar-refractivity contribution >= 4 is 35.0 Å². The van der Waals surface area contributed by atoms with E-state index in [4.69, 9.17) is 9.47 Å². The Hall–Kier alpha value is -2.55.